The molecule has 0 aliphatic carbocycles. The Balaban J connectivity index is 2.47. The molecule has 84 valence electrons. The van der Waals surface area contributed by atoms with Crippen molar-refractivity contribution in [2.45, 2.75) is 33.1 Å². The molecule has 0 atom stereocenters. The van der Waals surface area contributed by atoms with Gasteiger partial charge in [0.15, 0.2) is 0 Å². The quantitative estimate of drug-likeness (QED) is 0.654. The Kier molecular flexibility index (Phi) is 5.33. The van der Waals surface area contributed by atoms with E-state index in [1.807, 2.05) is 26.0 Å². The molecule has 0 fully saturated rings. The Hall–Kier alpha value is -0.890. The zero-order valence-electron chi connectivity index (χ0n) is 9.55. The fourth-order valence-corrected chi connectivity index (χ4v) is 1.52. The first-order valence-electron chi connectivity index (χ1n) is 5.63. The van der Waals surface area contributed by atoms with Crippen LogP contribution in [0, 0.1) is 5.82 Å². The SMILES string of the molecule is CCOCCCc1ccc(CC)cc1F. The van der Waals surface area contributed by atoms with E-state index in [9.17, 15) is 4.39 Å². The topological polar surface area (TPSA) is 9.23 Å². The number of hydrogen-bond acceptors (Lipinski definition) is 1. The number of aryl methyl sites for hydroxylation is 2. The first kappa shape index (κ1) is 12.2. The largest absolute Gasteiger partial charge is 0.382 e. The number of halogens is 1. The maximum absolute atomic E-state index is 13.5. The lowest BCUT2D eigenvalue weighted by atomic mass is 10.1. The summed E-state index contributed by atoms with van der Waals surface area (Å²) in [4.78, 5) is 0. The molecule has 2 heteroatoms. The fraction of sp³-hybridized carbons (Fsp3) is 0.538. The monoisotopic (exact) mass is 210 g/mol. The van der Waals surface area contributed by atoms with Crippen LogP contribution in [0.5, 0.6) is 0 Å². The van der Waals surface area contributed by atoms with Crippen molar-refractivity contribution in [1.29, 1.82) is 0 Å². The standard InChI is InChI=1S/C13H19FO/c1-3-11-7-8-12(13(14)10-11)6-5-9-15-4-2/h7-8,10H,3-6,9H2,1-2H3. The maximum atomic E-state index is 13.5. The summed E-state index contributed by atoms with van der Waals surface area (Å²) in [6.45, 7) is 5.45. The Morgan fingerprint density at radius 1 is 1.27 bits per heavy atom. The summed E-state index contributed by atoms with van der Waals surface area (Å²) in [5.41, 5.74) is 1.85. The van der Waals surface area contributed by atoms with Gasteiger partial charge in [-0.05, 0) is 43.4 Å². The molecular weight excluding hydrogens is 191 g/mol. The molecule has 0 radical (unpaired) electrons. The molecule has 0 bridgehead atoms. The van der Waals surface area contributed by atoms with Gasteiger partial charge in [-0.2, -0.15) is 0 Å². The minimum absolute atomic E-state index is 0.0779. The summed E-state index contributed by atoms with van der Waals surface area (Å²) in [5, 5.41) is 0. The molecule has 0 unspecified atom stereocenters. The van der Waals surface area contributed by atoms with Crippen molar-refractivity contribution >= 4 is 0 Å². The lowest BCUT2D eigenvalue weighted by Gasteiger charge is -2.05. The molecule has 0 N–H and O–H groups in total. The number of ether oxygens (including phenoxy) is 1. The molecule has 0 spiro atoms. The van der Waals surface area contributed by atoms with Gasteiger partial charge in [-0.3, -0.25) is 0 Å². The summed E-state index contributed by atoms with van der Waals surface area (Å²) >= 11 is 0. The smallest absolute Gasteiger partial charge is 0.126 e. The number of hydrogen-bond donors (Lipinski definition) is 0. The minimum atomic E-state index is -0.0779. The van der Waals surface area contributed by atoms with Crippen LogP contribution in [0.25, 0.3) is 0 Å². The van der Waals surface area contributed by atoms with Crippen LogP contribution in [-0.4, -0.2) is 13.2 Å². The Bertz CT molecular complexity index is 297. The number of benzene rings is 1. The van der Waals surface area contributed by atoms with Crippen molar-refractivity contribution in [3.05, 3.63) is 35.1 Å². The van der Waals surface area contributed by atoms with Gasteiger partial charge in [0, 0.05) is 13.2 Å². The predicted molar refractivity (Wildman–Crippen MR) is 60.6 cm³/mol. The lowest BCUT2D eigenvalue weighted by molar-refractivity contribution is 0.145. The Morgan fingerprint density at radius 3 is 2.67 bits per heavy atom. The first-order chi connectivity index (χ1) is 7.27. The normalized spacial score (nSPS) is 10.6. The van der Waals surface area contributed by atoms with Crippen LogP contribution in [0.3, 0.4) is 0 Å². The third-order valence-corrected chi connectivity index (χ3v) is 2.46. The van der Waals surface area contributed by atoms with Crippen LogP contribution in [0.2, 0.25) is 0 Å². The van der Waals surface area contributed by atoms with Crippen LogP contribution in [-0.2, 0) is 17.6 Å². The van der Waals surface area contributed by atoms with Crippen molar-refractivity contribution in [3.8, 4) is 0 Å². The van der Waals surface area contributed by atoms with Gasteiger partial charge in [0.25, 0.3) is 0 Å². The molecule has 0 saturated carbocycles. The van der Waals surface area contributed by atoms with Crippen LogP contribution in [0.4, 0.5) is 4.39 Å². The van der Waals surface area contributed by atoms with Crippen molar-refractivity contribution in [1.82, 2.24) is 0 Å². The van der Waals surface area contributed by atoms with Gasteiger partial charge in [-0.15, -0.1) is 0 Å². The second kappa shape index (κ2) is 6.57. The lowest BCUT2D eigenvalue weighted by Crippen LogP contribution is -1.98. The molecular formula is C13H19FO. The Labute approximate surface area is 91.3 Å². The van der Waals surface area contributed by atoms with Gasteiger partial charge in [-0.25, -0.2) is 4.39 Å². The zero-order valence-corrected chi connectivity index (χ0v) is 9.55. The van der Waals surface area contributed by atoms with Gasteiger partial charge in [-0.1, -0.05) is 19.1 Å². The molecule has 15 heavy (non-hydrogen) atoms. The molecule has 0 aliphatic rings. The highest BCUT2D eigenvalue weighted by molar-refractivity contribution is 5.24. The highest BCUT2D eigenvalue weighted by Gasteiger charge is 2.02. The molecule has 0 heterocycles. The molecule has 0 aromatic heterocycles. The second-order valence-corrected chi connectivity index (χ2v) is 3.58. The number of rotatable bonds is 6. The minimum Gasteiger partial charge on any atom is -0.382 e. The van der Waals surface area contributed by atoms with Gasteiger partial charge >= 0.3 is 0 Å². The van der Waals surface area contributed by atoms with Gasteiger partial charge in [0.2, 0.25) is 0 Å². The highest BCUT2D eigenvalue weighted by Crippen LogP contribution is 2.12. The summed E-state index contributed by atoms with van der Waals surface area (Å²) in [6.07, 6.45) is 2.53. The summed E-state index contributed by atoms with van der Waals surface area (Å²) in [7, 11) is 0. The van der Waals surface area contributed by atoms with E-state index in [4.69, 9.17) is 4.74 Å². The van der Waals surface area contributed by atoms with Gasteiger partial charge in [0.05, 0.1) is 0 Å². The van der Waals surface area contributed by atoms with E-state index in [0.29, 0.717) is 6.61 Å². The van der Waals surface area contributed by atoms with Crippen LogP contribution < -0.4 is 0 Å². The molecule has 1 nitrogen and oxygen atoms in total. The first-order valence-corrected chi connectivity index (χ1v) is 5.63. The third kappa shape index (κ3) is 4.00. The van der Waals surface area contributed by atoms with E-state index in [2.05, 4.69) is 0 Å². The average Bonchev–Trinajstić information content (AvgIpc) is 2.26. The van der Waals surface area contributed by atoms with Crippen molar-refractivity contribution in [3.63, 3.8) is 0 Å². The predicted octanol–water partition coefficient (Wildman–Crippen LogP) is 3.36. The van der Waals surface area contributed by atoms with Crippen LogP contribution in [0.15, 0.2) is 18.2 Å². The highest BCUT2D eigenvalue weighted by atomic mass is 19.1. The van der Waals surface area contributed by atoms with E-state index in [0.717, 1.165) is 37.0 Å². The van der Waals surface area contributed by atoms with E-state index < -0.39 is 0 Å². The zero-order chi connectivity index (χ0) is 11.1. The molecule has 1 aromatic rings. The van der Waals surface area contributed by atoms with E-state index in [-0.39, 0.29) is 5.82 Å². The molecule has 1 aromatic carbocycles. The summed E-state index contributed by atoms with van der Waals surface area (Å²) < 4.78 is 18.7. The molecule has 1 rings (SSSR count). The molecule has 0 amide bonds. The van der Waals surface area contributed by atoms with Crippen LogP contribution >= 0.6 is 0 Å². The molecule has 0 saturated heterocycles. The van der Waals surface area contributed by atoms with Crippen molar-refractivity contribution in [2.75, 3.05) is 13.2 Å². The Morgan fingerprint density at radius 2 is 2.07 bits per heavy atom. The summed E-state index contributed by atoms with van der Waals surface area (Å²) in [6, 6.07) is 5.52. The average molecular weight is 210 g/mol. The molecule has 0 aliphatic heterocycles. The maximum Gasteiger partial charge on any atom is 0.126 e. The van der Waals surface area contributed by atoms with Crippen LogP contribution in [0.1, 0.15) is 31.4 Å². The second-order valence-electron chi connectivity index (χ2n) is 3.58. The van der Waals surface area contributed by atoms with Crippen molar-refractivity contribution < 1.29 is 9.13 Å². The van der Waals surface area contributed by atoms with Gasteiger partial charge < -0.3 is 4.74 Å². The van der Waals surface area contributed by atoms with Crippen molar-refractivity contribution in [2.24, 2.45) is 0 Å². The van der Waals surface area contributed by atoms with E-state index in [1.165, 1.54) is 0 Å². The van der Waals surface area contributed by atoms with E-state index in [1.54, 1.807) is 6.07 Å². The third-order valence-electron chi connectivity index (χ3n) is 2.46. The van der Waals surface area contributed by atoms with Gasteiger partial charge in [0.1, 0.15) is 5.82 Å². The summed E-state index contributed by atoms with van der Waals surface area (Å²) in [5.74, 6) is -0.0779. The van der Waals surface area contributed by atoms with E-state index >= 15 is 0 Å². The fourth-order valence-electron chi connectivity index (χ4n) is 1.52.